The smallest absolute Gasteiger partial charge is 0.396 e. The van der Waals surface area contributed by atoms with Gasteiger partial charge in [-0.05, 0) is 17.0 Å². The van der Waals surface area contributed by atoms with Crippen LogP contribution in [0.25, 0.3) is 11.5 Å². The Kier molecular flexibility index (Phi) is 3.58. The van der Waals surface area contributed by atoms with Gasteiger partial charge in [-0.1, -0.05) is 26.8 Å². The molecule has 1 unspecified atom stereocenters. The molecular formula is C14H15F3N2O. The number of alkyl halides is 3. The molecule has 6 heteroatoms. The number of nitrogens with zero attached hydrogens (tertiary/aromatic N) is 2. The Hall–Kier alpha value is -1.85. The summed E-state index contributed by atoms with van der Waals surface area (Å²) in [5, 5.41) is 0. The molecule has 0 amide bonds. The highest BCUT2D eigenvalue weighted by atomic mass is 19.4. The zero-order valence-corrected chi connectivity index (χ0v) is 11.4. The maximum absolute atomic E-state index is 13.2. The molecule has 0 N–H and O–H groups in total. The quantitative estimate of drug-likeness (QED) is 0.819. The van der Waals surface area contributed by atoms with Crippen molar-refractivity contribution in [3.05, 3.63) is 36.5 Å². The highest BCUT2D eigenvalue weighted by Gasteiger charge is 2.47. The lowest BCUT2D eigenvalue weighted by atomic mass is 9.76. The number of aromatic nitrogens is 2. The molecule has 0 aliphatic carbocycles. The molecule has 2 aromatic heterocycles. The van der Waals surface area contributed by atoms with Gasteiger partial charge in [0.25, 0.3) is 0 Å². The SMILES string of the molecule is CC(C)(C)C(c1ccc(-c2cnco2)nc1)C(F)(F)F. The average Bonchev–Trinajstić information content (AvgIpc) is 2.79. The molecule has 0 fully saturated rings. The van der Waals surface area contributed by atoms with E-state index in [0.717, 1.165) is 0 Å². The summed E-state index contributed by atoms with van der Waals surface area (Å²) in [5.74, 6) is -1.14. The first-order valence-electron chi connectivity index (χ1n) is 6.11. The Morgan fingerprint density at radius 3 is 2.20 bits per heavy atom. The van der Waals surface area contributed by atoms with Gasteiger partial charge in [0.15, 0.2) is 12.2 Å². The number of rotatable bonds is 2. The van der Waals surface area contributed by atoms with Gasteiger partial charge in [0.2, 0.25) is 0 Å². The predicted octanol–water partition coefficient (Wildman–Crippen LogP) is 4.43. The minimum Gasteiger partial charge on any atom is -0.442 e. The average molecular weight is 284 g/mol. The van der Waals surface area contributed by atoms with Crippen LogP contribution in [0.2, 0.25) is 0 Å². The molecule has 0 bridgehead atoms. The van der Waals surface area contributed by atoms with Crippen LogP contribution in [-0.4, -0.2) is 16.1 Å². The summed E-state index contributed by atoms with van der Waals surface area (Å²) < 4.78 is 44.7. The number of oxazole rings is 1. The van der Waals surface area contributed by atoms with E-state index in [9.17, 15) is 13.2 Å². The van der Waals surface area contributed by atoms with Crippen LogP contribution in [0.5, 0.6) is 0 Å². The van der Waals surface area contributed by atoms with E-state index in [1.165, 1.54) is 30.9 Å². The maximum Gasteiger partial charge on any atom is 0.396 e. The third-order valence-electron chi connectivity index (χ3n) is 3.00. The molecule has 0 aromatic carbocycles. The molecule has 0 aliphatic rings. The lowest BCUT2D eigenvalue weighted by Gasteiger charge is -2.32. The van der Waals surface area contributed by atoms with Crippen molar-refractivity contribution in [3.8, 4) is 11.5 Å². The fourth-order valence-corrected chi connectivity index (χ4v) is 2.24. The van der Waals surface area contributed by atoms with Crippen LogP contribution in [-0.2, 0) is 0 Å². The lowest BCUT2D eigenvalue weighted by molar-refractivity contribution is -0.171. The molecule has 20 heavy (non-hydrogen) atoms. The first-order chi connectivity index (χ1) is 9.19. The molecule has 2 aromatic rings. The van der Waals surface area contributed by atoms with Crippen molar-refractivity contribution in [3.63, 3.8) is 0 Å². The van der Waals surface area contributed by atoms with Crippen molar-refractivity contribution >= 4 is 0 Å². The van der Waals surface area contributed by atoms with Crippen molar-refractivity contribution in [1.82, 2.24) is 9.97 Å². The fraction of sp³-hybridized carbons (Fsp3) is 0.429. The van der Waals surface area contributed by atoms with E-state index in [-0.39, 0.29) is 5.56 Å². The fourth-order valence-electron chi connectivity index (χ4n) is 2.24. The van der Waals surface area contributed by atoms with Crippen molar-refractivity contribution < 1.29 is 17.6 Å². The van der Waals surface area contributed by atoms with E-state index >= 15 is 0 Å². The summed E-state index contributed by atoms with van der Waals surface area (Å²) in [4.78, 5) is 7.78. The predicted molar refractivity (Wildman–Crippen MR) is 68.0 cm³/mol. The number of halogens is 3. The van der Waals surface area contributed by atoms with Crippen LogP contribution in [0.15, 0.2) is 35.3 Å². The van der Waals surface area contributed by atoms with Crippen LogP contribution < -0.4 is 0 Å². The van der Waals surface area contributed by atoms with E-state index in [1.54, 1.807) is 20.8 Å². The molecule has 108 valence electrons. The Morgan fingerprint density at radius 1 is 1.10 bits per heavy atom. The van der Waals surface area contributed by atoms with Gasteiger partial charge in [-0.25, -0.2) is 4.98 Å². The molecule has 0 radical (unpaired) electrons. The minimum absolute atomic E-state index is 0.147. The second kappa shape index (κ2) is 4.92. The molecule has 0 saturated carbocycles. The van der Waals surface area contributed by atoms with Crippen LogP contribution in [0.4, 0.5) is 13.2 Å². The van der Waals surface area contributed by atoms with Gasteiger partial charge < -0.3 is 4.42 Å². The third-order valence-corrected chi connectivity index (χ3v) is 3.00. The molecular weight excluding hydrogens is 269 g/mol. The molecule has 2 rings (SSSR count). The summed E-state index contributed by atoms with van der Waals surface area (Å²) in [6.45, 7) is 4.69. The summed E-state index contributed by atoms with van der Waals surface area (Å²) in [5.41, 5.74) is -0.331. The summed E-state index contributed by atoms with van der Waals surface area (Å²) in [7, 11) is 0. The highest BCUT2D eigenvalue weighted by Crippen LogP contribution is 2.46. The highest BCUT2D eigenvalue weighted by molar-refractivity contribution is 5.50. The summed E-state index contributed by atoms with van der Waals surface area (Å²) in [6, 6.07) is 2.95. The van der Waals surface area contributed by atoms with E-state index in [1.807, 2.05) is 0 Å². The second-order valence-electron chi connectivity index (χ2n) is 5.68. The van der Waals surface area contributed by atoms with Gasteiger partial charge in [-0.2, -0.15) is 13.2 Å². The standard InChI is InChI=1S/C14H15F3N2O/c1-13(2,3)12(14(15,16)17)9-4-5-10(19-6-9)11-7-18-8-20-11/h4-8,12H,1-3H3. The largest absolute Gasteiger partial charge is 0.442 e. The van der Waals surface area contributed by atoms with Crippen molar-refractivity contribution in [2.45, 2.75) is 32.9 Å². The number of hydrogen-bond donors (Lipinski definition) is 0. The second-order valence-corrected chi connectivity index (χ2v) is 5.68. The van der Waals surface area contributed by atoms with Gasteiger partial charge in [-0.15, -0.1) is 0 Å². The molecule has 0 saturated heterocycles. The molecule has 0 spiro atoms. The van der Waals surface area contributed by atoms with Crippen LogP contribution >= 0.6 is 0 Å². The van der Waals surface area contributed by atoms with Gasteiger partial charge in [0.1, 0.15) is 5.69 Å². The molecule has 1 atom stereocenters. The van der Waals surface area contributed by atoms with E-state index < -0.39 is 17.5 Å². The topological polar surface area (TPSA) is 38.9 Å². The third kappa shape index (κ3) is 3.00. The van der Waals surface area contributed by atoms with Crippen molar-refractivity contribution in [2.24, 2.45) is 5.41 Å². The molecule has 3 nitrogen and oxygen atoms in total. The Morgan fingerprint density at radius 2 is 1.80 bits per heavy atom. The van der Waals surface area contributed by atoms with Gasteiger partial charge in [0, 0.05) is 6.20 Å². The van der Waals surface area contributed by atoms with Crippen molar-refractivity contribution in [2.75, 3.05) is 0 Å². The van der Waals surface area contributed by atoms with Crippen molar-refractivity contribution in [1.29, 1.82) is 0 Å². The zero-order valence-electron chi connectivity index (χ0n) is 11.4. The number of pyridine rings is 1. The lowest BCUT2D eigenvalue weighted by Crippen LogP contribution is -2.32. The van der Waals surface area contributed by atoms with E-state index in [0.29, 0.717) is 11.5 Å². The Labute approximate surface area is 114 Å². The van der Waals surface area contributed by atoms with Crippen LogP contribution in [0.3, 0.4) is 0 Å². The monoisotopic (exact) mass is 284 g/mol. The molecule has 0 aliphatic heterocycles. The van der Waals surface area contributed by atoms with E-state index in [2.05, 4.69) is 9.97 Å². The Balaban J connectivity index is 2.37. The van der Waals surface area contributed by atoms with Crippen LogP contribution in [0.1, 0.15) is 32.3 Å². The zero-order chi connectivity index (χ0) is 15.0. The first kappa shape index (κ1) is 14.6. The van der Waals surface area contributed by atoms with Crippen LogP contribution in [0, 0.1) is 5.41 Å². The van der Waals surface area contributed by atoms with Gasteiger partial charge in [-0.3, -0.25) is 4.98 Å². The summed E-state index contributed by atoms with van der Waals surface area (Å²) in [6.07, 6.45) is -0.347. The summed E-state index contributed by atoms with van der Waals surface area (Å²) >= 11 is 0. The number of hydrogen-bond acceptors (Lipinski definition) is 3. The van der Waals surface area contributed by atoms with Gasteiger partial charge in [0.05, 0.1) is 12.1 Å². The Bertz CT molecular complexity index is 540. The van der Waals surface area contributed by atoms with Gasteiger partial charge >= 0.3 is 6.18 Å². The molecule has 2 heterocycles. The minimum atomic E-state index is -4.31. The maximum atomic E-state index is 13.2. The normalized spacial score (nSPS) is 14.3. The van der Waals surface area contributed by atoms with E-state index in [4.69, 9.17) is 4.42 Å². The first-order valence-corrected chi connectivity index (χ1v) is 6.11.